The lowest BCUT2D eigenvalue weighted by molar-refractivity contribution is 0.236. The Kier molecular flexibility index (Phi) is 2.62. The van der Waals surface area contributed by atoms with Crippen LogP contribution in [0.15, 0.2) is 30.3 Å². The summed E-state index contributed by atoms with van der Waals surface area (Å²) in [5.74, 6) is 0. The van der Waals surface area contributed by atoms with Crippen LogP contribution in [0.1, 0.15) is 25.3 Å². The molecule has 0 radical (unpaired) electrons. The topological polar surface area (TPSA) is 41.1 Å². The molecule has 0 spiro atoms. The van der Waals surface area contributed by atoms with Crippen molar-refractivity contribution in [1.29, 1.82) is 0 Å². The van der Waals surface area contributed by atoms with Crippen LogP contribution in [0.25, 0.3) is 0 Å². The lowest BCUT2D eigenvalue weighted by Gasteiger charge is -2.17. The number of rotatable bonds is 3. The van der Waals surface area contributed by atoms with Gasteiger partial charge >= 0.3 is 6.03 Å². The number of carbonyl (C=O) groups is 1. The molecule has 0 unspecified atom stereocenters. The van der Waals surface area contributed by atoms with Gasteiger partial charge in [-0.2, -0.15) is 0 Å². The number of amides is 2. The number of urea groups is 1. The van der Waals surface area contributed by atoms with Crippen molar-refractivity contribution in [2.45, 2.75) is 25.3 Å². The molecule has 1 aliphatic carbocycles. The van der Waals surface area contributed by atoms with Crippen LogP contribution in [0.5, 0.6) is 0 Å². The minimum atomic E-state index is -0.0967. The number of carbonyl (C=O) groups excluding carboxylic acids is 1. The summed E-state index contributed by atoms with van der Waals surface area (Å²) in [7, 11) is 0. The number of nitrogens with one attached hydrogen (secondary N) is 2. The fourth-order valence-electron chi connectivity index (χ4n) is 1.79. The average molecular weight is 204 g/mol. The van der Waals surface area contributed by atoms with Gasteiger partial charge in [-0.3, -0.25) is 0 Å². The third-order valence-corrected chi connectivity index (χ3v) is 2.77. The van der Waals surface area contributed by atoms with Crippen LogP contribution in [0.2, 0.25) is 0 Å². The van der Waals surface area contributed by atoms with Gasteiger partial charge in [0.1, 0.15) is 0 Å². The van der Waals surface area contributed by atoms with Crippen LogP contribution in [0.4, 0.5) is 4.79 Å². The van der Waals surface area contributed by atoms with E-state index in [0.717, 1.165) is 12.8 Å². The monoisotopic (exact) mass is 204 g/mol. The van der Waals surface area contributed by atoms with Crippen molar-refractivity contribution in [3.63, 3.8) is 0 Å². The second kappa shape index (κ2) is 3.93. The molecule has 2 N–H and O–H groups in total. The van der Waals surface area contributed by atoms with Gasteiger partial charge in [0.05, 0.1) is 5.54 Å². The van der Waals surface area contributed by atoms with E-state index in [2.05, 4.69) is 22.8 Å². The lowest BCUT2D eigenvalue weighted by Crippen LogP contribution is -2.42. The fourth-order valence-corrected chi connectivity index (χ4v) is 1.79. The molecular weight excluding hydrogens is 188 g/mol. The number of benzene rings is 1. The standard InChI is InChI=1S/C12H16N2O/c1-2-13-11(15)14-12(8-9-12)10-6-4-3-5-7-10/h3-7H,2,8-9H2,1H3,(H2,13,14,15). The molecule has 0 saturated heterocycles. The van der Waals surface area contributed by atoms with E-state index in [1.807, 2.05) is 25.1 Å². The lowest BCUT2D eigenvalue weighted by atomic mass is 10.1. The van der Waals surface area contributed by atoms with E-state index in [9.17, 15) is 4.79 Å². The molecular formula is C12H16N2O. The van der Waals surface area contributed by atoms with Crippen molar-refractivity contribution >= 4 is 6.03 Å². The minimum absolute atomic E-state index is 0.0705. The van der Waals surface area contributed by atoms with Gasteiger partial charge in [0.25, 0.3) is 0 Å². The second-order valence-corrected chi connectivity index (χ2v) is 3.93. The van der Waals surface area contributed by atoms with Gasteiger partial charge in [-0.25, -0.2) is 4.79 Å². The summed E-state index contributed by atoms with van der Waals surface area (Å²) in [5, 5.41) is 5.80. The van der Waals surface area contributed by atoms with Crippen LogP contribution < -0.4 is 10.6 Å². The quantitative estimate of drug-likeness (QED) is 0.776. The van der Waals surface area contributed by atoms with Crippen LogP contribution in [0.3, 0.4) is 0 Å². The summed E-state index contributed by atoms with van der Waals surface area (Å²) in [4.78, 5) is 11.4. The van der Waals surface area contributed by atoms with Crippen molar-refractivity contribution in [1.82, 2.24) is 10.6 Å². The summed E-state index contributed by atoms with van der Waals surface area (Å²) in [6, 6.07) is 10.1. The van der Waals surface area contributed by atoms with Gasteiger partial charge in [0, 0.05) is 6.54 Å². The van der Waals surface area contributed by atoms with E-state index < -0.39 is 0 Å². The Morgan fingerprint density at radius 3 is 2.53 bits per heavy atom. The van der Waals surface area contributed by atoms with E-state index in [-0.39, 0.29) is 11.6 Å². The van der Waals surface area contributed by atoms with Crippen molar-refractivity contribution in [2.75, 3.05) is 6.54 Å². The van der Waals surface area contributed by atoms with E-state index in [1.165, 1.54) is 5.56 Å². The average Bonchev–Trinajstić information content (AvgIpc) is 3.01. The summed E-state index contributed by atoms with van der Waals surface area (Å²) in [5.41, 5.74) is 1.11. The van der Waals surface area contributed by atoms with Crippen LogP contribution in [-0.4, -0.2) is 12.6 Å². The molecule has 1 aromatic carbocycles. The molecule has 0 bridgehead atoms. The van der Waals surface area contributed by atoms with E-state index >= 15 is 0 Å². The Hall–Kier alpha value is -1.51. The first-order chi connectivity index (χ1) is 7.27. The molecule has 0 aliphatic heterocycles. The van der Waals surface area contributed by atoms with Crippen molar-refractivity contribution < 1.29 is 4.79 Å². The highest BCUT2D eigenvalue weighted by atomic mass is 16.2. The van der Waals surface area contributed by atoms with E-state index in [4.69, 9.17) is 0 Å². The summed E-state index contributed by atoms with van der Waals surface area (Å²) >= 11 is 0. The largest absolute Gasteiger partial charge is 0.338 e. The van der Waals surface area contributed by atoms with E-state index in [0.29, 0.717) is 6.54 Å². The van der Waals surface area contributed by atoms with Crippen LogP contribution in [0, 0.1) is 0 Å². The van der Waals surface area contributed by atoms with Crippen molar-refractivity contribution in [2.24, 2.45) is 0 Å². The molecule has 2 amide bonds. The summed E-state index contributed by atoms with van der Waals surface area (Å²) in [6.07, 6.45) is 2.07. The Bertz CT molecular complexity index is 344. The third-order valence-electron chi connectivity index (χ3n) is 2.77. The Morgan fingerprint density at radius 1 is 1.33 bits per heavy atom. The zero-order valence-electron chi connectivity index (χ0n) is 8.92. The molecule has 0 aromatic heterocycles. The fraction of sp³-hybridized carbons (Fsp3) is 0.417. The van der Waals surface area contributed by atoms with Gasteiger partial charge in [0.2, 0.25) is 0 Å². The Labute approximate surface area is 89.9 Å². The van der Waals surface area contributed by atoms with Crippen LogP contribution in [-0.2, 0) is 5.54 Å². The predicted molar refractivity (Wildman–Crippen MR) is 59.6 cm³/mol. The first-order valence-corrected chi connectivity index (χ1v) is 5.38. The Morgan fingerprint density at radius 2 is 2.00 bits per heavy atom. The maximum absolute atomic E-state index is 11.4. The number of hydrogen-bond acceptors (Lipinski definition) is 1. The minimum Gasteiger partial charge on any atom is -0.338 e. The third kappa shape index (κ3) is 2.12. The summed E-state index contributed by atoms with van der Waals surface area (Å²) in [6.45, 7) is 2.58. The summed E-state index contributed by atoms with van der Waals surface area (Å²) < 4.78 is 0. The highest BCUT2D eigenvalue weighted by Gasteiger charge is 2.45. The SMILES string of the molecule is CCNC(=O)NC1(c2ccccc2)CC1. The first kappa shape index (κ1) is 10.0. The molecule has 3 heteroatoms. The molecule has 15 heavy (non-hydrogen) atoms. The molecule has 0 atom stereocenters. The Balaban J connectivity index is 2.05. The van der Waals surface area contributed by atoms with Crippen LogP contribution >= 0.6 is 0 Å². The molecule has 80 valence electrons. The van der Waals surface area contributed by atoms with Gasteiger partial charge in [-0.15, -0.1) is 0 Å². The molecule has 3 nitrogen and oxygen atoms in total. The van der Waals surface area contributed by atoms with Gasteiger partial charge in [-0.05, 0) is 25.3 Å². The van der Waals surface area contributed by atoms with Gasteiger partial charge < -0.3 is 10.6 Å². The molecule has 1 saturated carbocycles. The maximum Gasteiger partial charge on any atom is 0.315 e. The van der Waals surface area contributed by atoms with E-state index in [1.54, 1.807) is 0 Å². The zero-order valence-corrected chi connectivity index (χ0v) is 8.92. The first-order valence-electron chi connectivity index (χ1n) is 5.38. The zero-order chi connectivity index (χ0) is 10.7. The van der Waals surface area contributed by atoms with Crippen molar-refractivity contribution in [3.8, 4) is 0 Å². The maximum atomic E-state index is 11.4. The highest BCUT2D eigenvalue weighted by molar-refractivity contribution is 5.75. The molecule has 0 heterocycles. The normalized spacial score (nSPS) is 16.9. The second-order valence-electron chi connectivity index (χ2n) is 3.93. The number of hydrogen-bond donors (Lipinski definition) is 2. The molecule has 1 aromatic rings. The molecule has 1 aliphatic rings. The molecule has 2 rings (SSSR count). The predicted octanol–water partition coefficient (Wildman–Crippen LogP) is 1.99. The molecule has 1 fully saturated rings. The van der Waals surface area contributed by atoms with Gasteiger partial charge in [-0.1, -0.05) is 30.3 Å². The van der Waals surface area contributed by atoms with Gasteiger partial charge in [0.15, 0.2) is 0 Å². The highest BCUT2D eigenvalue weighted by Crippen LogP contribution is 2.45. The van der Waals surface area contributed by atoms with Crippen molar-refractivity contribution in [3.05, 3.63) is 35.9 Å². The smallest absolute Gasteiger partial charge is 0.315 e.